The van der Waals surface area contributed by atoms with Crippen LogP contribution in [0.1, 0.15) is 38.3 Å². The topological polar surface area (TPSA) is 57.7 Å². The average molecular weight is 271 g/mol. The van der Waals surface area contributed by atoms with E-state index in [-0.39, 0.29) is 0 Å². The van der Waals surface area contributed by atoms with Crippen molar-refractivity contribution in [2.75, 3.05) is 13.1 Å². The van der Waals surface area contributed by atoms with Gasteiger partial charge in [0, 0.05) is 37.1 Å². The Balaban J connectivity index is 1.90. The minimum Gasteiger partial charge on any atom is -0.300 e. The molecule has 3 rings (SSSR count). The molecule has 0 unspecified atom stereocenters. The van der Waals surface area contributed by atoms with Crippen molar-refractivity contribution in [2.45, 2.75) is 38.6 Å². The zero-order valence-corrected chi connectivity index (χ0v) is 12.1. The average Bonchev–Trinajstić information content (AvgIpc) is 3.01. The lowest BCUT2D eigenvalue weighted by molar-refractivity contribution is 0.166. The van der Waals surface area contributed by atoms with Gasteiger partial charge in [0.05, 0.1) is 11.4 Å². The maximum atomic E-state index is 4.62. The number of nitrogens with one attached hydrogen (secondary N) is 1. The van der Waals surface area contributed by atoms with E-state index in [1.54, 1.807) is 18.6 Å². The van der Waals surface area contributed by atoms with Gasteiger partial charge in [0.2, 0.25) is 0 Å². The summed E-state index contributed by atoms with van der Waals surface area (Å²) in [7, 11) is 0. The monoisotopic (exact) mass is 271 g/mol. The normalized spacial score (nSPS) is 20.4. The number of aromatic amines is 1. The molecule has 5 nitrogen and oxygen atoms in total. The van der Waals surface area contributed by atoms with E-state index in [2.05, 4.69) is 38.9 Å². The van der Waals surface area contributed by atoms with Crippen molar-refractivity contribution in [1.29, 1.82) is 0 Å². The molecule has 2 aromatic rings. The zero-order chi connectivity index (χ0) is 13.9. The lowest BCUT2D eigenvalue weighted by Crippen LogP contribution is -2.39. The van der Waals surface area contributed by atoms with Gasteiger partial charge in [0.1, 0.15) is 5.69 Å². The Bertz CT molecular complexity index is 549. The number of rotatable bonds is 3. The molecule has 0 amide bonds. The Morgan fingerprint density at radius 2 is 2.10 bits per heavy atom. The first kappa shape index (κ1) is 13.2. The van der Waals surface area contributed by atoms with Crippen LogP contribution < -0.4 is 0 Å². The van der Waals surface area contributed by atoms with E-state index in [1.165, 1.54) is 19.4 Å². The van der Waals surface area contributed by atoms with Crippen molar-refractivity contribution >= 4 is 0 Å². The Morgan fingerprint density at radius 1 is 1.25 bits per heavy atom. The number of hydrogen-bond acceptors (Lipinski definition) is 4. The molecule has 20 heavy (non-hydrogen) atoms. The van der Waals surface area contributed by atoms with Crippen molar-refractivity contribution < 1.29 is 0 Å². The zero-order valence-electron chi connectivity index (χ0n) is 12.1. The van der Waals surface area contributed by atoms with Crippen LogP contribution in [0.2, 0.25) is 0 Å². The second-order valence-electron chi connectivity index (χ2n) is 5.69. The first-order valence-corrected chi connectivity index (χ1v) is 7.30. The van der Waals surface area contributed by atoms with E-state index in [9.17, 15) is 0 Å². The molecule has 0 aromatic carbocycles. The van der Waals surface area contributed by atoms with Crippen LogP contribution in [0.25, 0.3) is 11.4 Å². The summed E-state index contributed by atoms with van der Waals surface area (Å²) in [4.78, 5) is 11.7. The van der Waals surface area contributed by atoms with Crippen molar-refractivity contribution in [3.63, 3.8) is 0 Å². The predicted octanol–water partition coefficient (Wildman–Crippen LogP) is 2.45. The molecule has 0 aliphatic carbocycles. The Kier molecular flexibility index (Phi) is 3.78. The van der Waals surface area contributed by atoms with Gasteiger partial charge in [-0.15, -0.1) is 0 Å². The van der Waals surface area contributed by atoms with Gasteiger partial charge in [0.15, 0.2) is 0 Å². The molecule has 106 valence electrons. The van der Waals surface area contributed by atoms with E-state index in [1.807, 2.05) is 6.07 Å². The Hall–Kier alpha value is -1.75. The van der Waals surface area contributed by atoms with Gasteiger partial charge in [-0.1, -0.05) is 0 Å². The fraction of sp³-hybridized carbons (Fsp3) is 0.533. The van der Waals surface area contributed by atoms with Crippen molar-refractivity contribution in [3.8, 4) is 11.4 Å². The molecule has 5 heteroatoms. The molecule has 1 saturated heterocycles. The van der Waals surface area contributed by atoms with Gasteiger partial charge in [-0.2, -0.15) is 5.10 Å². The quantitative estimate of drug-likeness (QED) is 0.931. The molecule has 1 atom stereocenters. The summed E-state index contributed by atoms with van der Waals surface area (Å²) in [6, 6.07) is 2.54. The maximum Gasteiger partial charge on any atom is 0.110 e. The summed E-state index contributed by atoms with van der Waals surface area (Å²) in [5, 5.41) is 7.03. The third-order valence-corrected chi connectivity index (χ3v) is 4.05. The minimum atomic E-state index is 0.457. The van der Waals surface area contributed by atoms with Gasteiger partial charge >= 0.3 is 0 Å². The molecular formula is C15H21N5. The fourth-order valence-corrected chi connectivity index (χ4v) is 2.94. The highest BCUT2D eigenvalue weighted by Gasteiger charge is 2.26. The second kappa shape index (κ2) is 5.71. The molecule has 0 spiro atoms. The molecule has 0 saturated carbocycles. The van der Waals surface area contributed by atoms with Crippen molar-refractivity contribution in [2.24, 2.45) is 0 Å². The number of nitrogens with zero attached hydrogens (tertiary/aromatic N) is 4. The van der Waals surface area contributed by atoms with Gasteiger partial charge in [-0.3, -0.25) is 15.1 Å². The van der Waals surface area contributed by atoms with Crippen LogP contribution in [-0.4, -0.2) is 44.2 Å². The van der Waals surface area contributed by atoms with Crippen LogP contribution in [0.4, 0.5) is 0 Å². The predicted molar refractivity (Wildman–Crippen MR) is 78.3 cm³/mol. The molecule has 1 aliphatic heterocycles. The molecule has 0 bridgehead atoms. The smallest absolute Gasteiger partial charge is 0.110 e. The minimum absolute atomic E-state index is 0.457. The van der Waals surface area contributed by atoms with E-state index >= 15 is 0 Å². The first-order chi connectivity index (χ1) is 9.75. The number of piperidine rings is 1. The number of hydrogen-bond donors (Lipinski definition) is 1. The largest absolute Gasteiger partial charge is 0.300 e. The van der Waals surface area contributed by atoms with Gasteiger partial charge in [-0.05, 0) is 39.3 Å². The SMILES string of the molecule is CC(C)N1CCC[C@@H](c2nccnc2-c2ccn[nH]2)C1. The van der Waals surface area contributed by atoms with Gasteiger partial charge < -0.3 is 4.90 Å². The van der Waals surface area contributed by atoms with E-state index in [4.69, 9.17) is 0 Å². The lowest BCUT2D eigenvalue weighted by Gasteiger charge is -2.35. The third-order valence-electron chi connectivity index (χ3n) is 4.05. The number of H-pyrrole nitrogens is 1. The summed E-state index contributed by atoms with van der Waals surface area (Å²) in [6.07, 6.45) is 7.71. The van der Waals surface area contributed by atoms with Crippen LogP contribution in [0.3, 0.4) is 0 Å². The lowest BCUT2D eigenvalue weighted by atomic mass is 9.92. The highest BCUT2D eigenvalue weighted by atomic mass is 15.2. The molecule has 3 heterocycles. The van der Waals surface area contributed by atoms with Gasteiger partial charge in [-0.25, -0.2) is 0 Å². The third kappa shape index (κ3) is 2.58. The van der Waals surface area contributed by atoms with E-state index < -0.39 is 0 Å². The molecular weight excluding hydrogens is 250 g/mol. The summed E-state index contributed by atoms with van der Waals surface area (Å²) in [5.41, 5.74) is 3.00. The Labute approximate surface area is 119 Å². The number of aromatic nitrogens is 4. The molecule has 1 N–H and O–H groups in total. The van der Waals surface area contributed by atoms with Crippen LogP contribution in [0.5, 0.6) is 0 Å². The Morgan fingerprint density at radius 3 is 2.85 bits per heavy atom. The van der Waals surface area contributed by atoms with Gasteiger partial charge in [0.25, 0.3) is 0 Å². The first-order valence-electron chi connectivity index (χ1n) is 7.30. The summed E-state index contributed by atoms with van der Waals surface area (Å²) >= 11 is 0. The summed E-state index contributed by atoms with van der Waals surface area (Å²) in [6.45, 7) is 6.77. The van der Waals surface area contributed by atoms with Crippen molar-refractivity contribution in [1.82, 2.24) is 25.1 Å². The molecule has 1 aliphatic rings. The summed E-state index contributed by atoms with van der Waals surface area (Å²) < 4.78 is 0. The highest BCUT2D eigenvalue weighted by molar-refractivity contribution is 5.56. The number of likely N-dealkylation sites (tertiary alicyclic amines) is 1. The van der Waals surface area contributed by atoms with Crippen LogP contribution in [0.15, 0.2) is 24.7 Å². The summed E-state index contributed by atoms with van der Waals surface area (Å²) in [5.74, 6) is 0.457. The van der Waals surface area contributed by atoms with Crippen LogP contribution >= 0.6 is 0 Å². The molecule has 1 fully saturated rings. The van der Waals surface area contributed by atoms with Crippen LogP contribution in [0, 0.1) is 0 Å². The molecule has 0 radical (unpaired) electrons. The highest BCUT2D eigenvalue weighted by Crippen LogP contribution is 2.31. The van der Waals surface area contributed by atoms with E-state index in [0.29, 0.717) is 12.0 Å². The van der Waals surface area contributed by atoms with Crippen LogP contribution in [-0.2, 0) is 0 Å². The van der Waals surface area contributed by atoms with Crippen molar-refractivity contribution in [3.05, 3.63) is 30.4 Å². The fourth-order valence-electron chi connectivity index (χ4n) is 2.94. The standard InChI is InChI=1S/C15H21N5/c1-11(2)20-9-3-4-12(10-20)14-15(17-8-7-16-14)13-5-6-18-19-13/h5-8,11-12H,3-4,9-10H2,1-2H3,(H,18,19)/t12-/m1/s1. The van der Waals surface area contributed by atoms with E-state index in [0.717, 1.165) is 23.6 Å². The second-order valence-corrected chi connectivity index (χ2v) is 5.69. The maximum absolute atomic E-state index is 4.62. The molecule has 2 aromatic heterocycles.